The van der Waals surface area contributed by atoms with Gasteiger partial charge in [-0.1, -0.05) is 0 Å². The summed E-state index contributed by atoms with van der Waals surface area (Å²) in [6.07, 6.45) is -0.0846. The van der Waals surface area contributed by atoms with E-state index < -0.39 is 0 Å². The molecule has 1 aliphatic heterocycles. The van der Waals surface area contributed by atoms with Crippen LogP contribution >= 0.6 is 11.3 Å². The van der Waals surface area contributed by atoms with Gasteiger partial charge in [-0.25, -0.2) is 4.98 Å². The van der Waals surface area contributed by atoms with Crippen molar-refractivity contribution in [2.45, 2.75) is 19.6 Å². The zero-order valence-corrected chi connectivity index (χ0v) is 14.1. The fraction of sp³-hybridized carbons (Fsp3) is 0.375. The Kier molecular flexibility index (Phi) is 4.49. The number of methoxy groups -OCH3 is 2. The third-order valence-electron chi connectivity index (χ3n) is 3.59. The van der Waals surface area contributed by atoms with Crippen molar-refractivity contribution in [3.8, 4) is 11.5 Å². The molecular formula is C16H18N2O4S. The topological polar surface area (TPSA) is 60.9 Å². The quantitative estimate of drug-likeness (QED) is 0.860. The minimum Gasteiger partial charge on any atom is -0.497 e. The molecule has 2 heterocycles. The molecule has 1 amide bonds. The lowest BCUT2D eigenvalue weighted by Crippen LogP contribution is -2.42. The van der Waals surface area contributed by atoms with Crippen molar-refractivity contribution in [1.29, 1.82) is 0 Å². The van der Waals surface area contributed by atoms with E-state index >= 15 is 0 Å². The zero-order chi connectivity index (χ0) is 16.4. The van der Waals surface area contributed by atoms with E-state index in [2.05, 4.69) is 4.98 Å². The summed E-state index contributed by atoms with van der Waals surface area (Å²) in [6.45, 7) is 2.73. The maximum atomic E-state index is 13.0. The van der Waals surface area contributed by atoms with E-state index in [4.69, 9.17) is 14.2 Å². The normalized spacial score (nSPS) is 16.7. The summed E-state index contributed by atoms with van der Waals surface area (Å²) in [7, 11) is 3.19. The van der Waals surface area contributed by atoms with Gasteiger partial charge in [-0.15, -0.1) is 11.3 Å². The first-order valence-corrected chi connectivity index (χ1v) is 8.10. The molecule has 0 N–H and O–H groups in total. The fourth-order valence-electron chi connectivity index (χ4n) is 2.54. The zero-order valence-electron chi connectivity index (χ0n) is 13.2. The van der Waals surface area contributed by atoms with Crippen LogP contribution in [0.5, 0.6) is 11.5 Å². The summed E-state index contributed by atoms with van der Waals surface area (Å²) in [5.74, 6) is 1.26. The van der Waals surface area contributed by atoms with Crippen molar-refractivity contribution in [3.05, 3.63) is 34.3 Å². The smallest absolute Gasteiger partial charge is 0.270 e. The number of amides is 1. The highest BCUT2D eigenvalue weighted by molar-refractivity contribution is 7.12. The lowest BCUT2D eigenvalue weighted by atomic mass is 10.1. The number of carbonyl (C=O) groups excluding carboxylic acids is 1. The monoisotopic (exact) mass is 334 g/mol. The van der Waals surface area contributed by atoms with Gasteiger partial charge in [0, 0.05) is 13.2 Å². The van der Waals surface area contributed by atoms with Gasteiger partial charge in [0.15, 0.2) is 0 Å². The van der Waals surface area contributed by atoms with Crippen molar-refractivity contribution in [3.63, 3.8) is 0 Å². The highest BCUT2D eigenvalue weighted by atomic mass is 32.1. The molecule has 0 aliphatic carbocycles. The number of ether oxygens (including phenoxy) is 3. The first-order chi connectivity index (χ1) is 11.1. The van der Waals surface area contributed by atoms with Crippen LogP contribution in [0, 0.1) is 0 Å². The standard InChI is InChI=1S/C16H18N2O4S/c1-10-7-18(13-6-11(21-3)4-5-14(13)22-10)16(19)15-12(8-20-2)17-9-23-15/h4-6,9-10H,7-8H2,1-3H3. The van der Waals surface area contributed by atoms with E-state index in [1.54, 1.807) is 24.6 Å². The molecule has 2 aromatic rings. The van der Waals surface area contributed by atoms with Crippen LogP contribution in [0.3, 0.4) is 0 Å². The van der Waals surface area contributed by atoms with E-state index in [1.807, 2.05) is 25.1 Å². The molecule has 0 spiro atoms. The number of benzene rings is 1. The molecule has 23 heavy (non-hydrogen) atoms. The molecule has 1 aliphatic rings. The van der Waals surface area contributed by atoms with Crippen LogP contribution in [-0.2, 0) is 11.3 Å². The highest BCUT2D eigenvalue weighted by Gasteiger charge is 2.31. The van der Waals surface area contributed by atoms with Gasteiger partial charge in [0.1, 0.15) is 22.5 Å². The minimum absolute atomic E-state index is 0.0846. The van der Waals surface area contributed by atoms with Gasteiger partial charge in [-0.3, -0.25) is 4.79 Å². The summed E-state index contributed by atoms with van der Waals surface area (Å²) < 4.78 is 16.2. The first-order valence-electron chi connectivity index (χ1n) is 7.22. The van der Waals surface area contributed by atoms with Gasteiger partial charge < -0.3 is 19.1 Å². The third kappa shape index (κ3) is 3.02. The number of carbonyl (C=O) groups is 1. The van der Waals surface area contributed by atoms with Crippen LogP contribution in [0.2, 0.25) is 0 Å². The Balaban J connectivity index is 1.99. The summed E-state index contributed by atoms with van der Waals surface area (Å²) in [6, 6.07) is 5.46. The van der Waals surface area contributed by atoms with Crippen LogP contribution in [0.4, 0.5) is 5.69 Å². The predicted octanol–water partition coefficient (Wildman–Crippen LogP) is 2.73. The van der Waals surface area contributed by atoms with Gasteiger partial charge in [-0.2, -0.15) is 0 Å². The number of nitrogens with zero attached hydrogens (tertiary/aromatic N) is 2. The van der Waals surface area contributed by atoms with Crippen LogP contribution in [0.25, 0.3) is 0 Å². The molecule has 122 valence electrons. The SMILES string of the molecule is COCc1ncsc1C(=O)N1CC(C)Oc2ccc(OC)cc21. The van der Waals surface area contributed by atoms with Crippen molar-refractivity contribution in [2.24, 2.45) is 0 Å². The Hall–Kier alpha value is -2.12. The molecule has 7 heteroatoms. The highest BCUT2D eigenvalue weighted by Crippen LogP contribution is 2.37. The first kappa shape index (κ1) is 15.8. The average molecular weight is 334 g/mol. The second-order valence-corrected chi connectivity index (χ2v) is 6.09. The number of fused-ring (bicyclic) bond motifs is 1. The minimum atomic E-state index is -0.0933. The molecule has 0 saturated carbocycles. The van der Waals surface area contributed by atoms with E-state index in [0.717, 1.165) is 0 Å². The van der Waals surface area contributed by atoms with Gasteiger partial charge in [0.05, 0.1) is 37.2 Å². The molecular weight excluding hydrogens is 316 g/mol. The molecule has 6 nitrogen and oxygen atoms in total. The van der Waals surface area contributed by atoms with E-state index in [0.29, 0.717) is 40.9 Å². The summed E-state index contributed by atoms with van der Waals surface area (Å²) >= 11 is 1.32. The molecule has 0 fully saturated rings. The van der Waals surface area contributed by atoms with Crippen LogP contribution in [-0.4, -0.2) is 37.8 Å². The molecule has 0 radical (unpaired) electrons. The van der Waals surface area contributed by atoms with Gasteiger partial charge >= 0.3 is 0 Å². The van der Waals surface area contributed by atoms with E-state index in [1.165, 1.54) is 11.3 Å². The maximum Gasteiger partial charge on any atom is 0.270 e. The Morgan fingerprint density at radius 1 is 1.48 bits per heavy atom. The number of hydrogen-bond donors (Lipinski definition) is 0. The Labute approximate surface area is 138 Å². The predicted molar refractivity (Wildman–Crippen MR) is 87.6 cm³/mol. The van der Waals surface area contributed by atoms with Crippen molar-refractivity contribution in [2.75, 3.05) is 25.7 Å². The molecule has 1 aromatic heterocycles. The lowest BCUT2D eigenvalue weighted by molar-refractivity contribution is 0.0960. The summed E-state index contributed by atoms with van der Waals surface area (Å²) in [5, 5.41) is 0. The van der Waals surface area contributed by atoms with Crippen LogP contribution in [0.1, 0.15) is 22.3 Å². The Morgan fingerprint density at radius 3 is 3.04 bits per heavy atom. The molecule has 3 rings (SSSR count). The number of anilines is 1. The number of aromatic nitrogens is 1. The third-order valence-corrected chi connectivity index (χ3v) is 4.44. The van der Waals surface area contributed by atoms with Gasteiger partial charge in [-0.05, 0) is 19.1 Å². The number of hydrogen-bond acceptors (Lipinski definition) is 6. The lowest BCUT2D eigenvalue weighted by Gasteiger charge is -2.33. The molecule has 0 saturated heterocycles. The van der Waals surface area contributed by atoms with Gasteiger partial charge in [0.2, 0.25) is 0 Å². The maximum absolute atomic E-state index is 13.0. The van der Waals surface area contributed by atoms with Crippen molar-refractivity contribution >= 4 is 22.9 Å². The fourth-order valence-corrected chi connectivity index (χ4v) is 3.29. The molecule has 1 atom stereocenters. The largest absolute Gasteiger partial charge is 0.497 e. The molecule has 1 unspecified atom stereocenters. The van der Waals surface area contributed by atoms with Crippen LogP contribution < -0.4 is 14.4 Å². The average Bonchev–Trinajstić information content (AvgIpc) is 3.01. The number of rotatable bonds is 4. The van der Waals surface area contributed by atoms with Crippen LogP contribution in [0.15, 0.2) is 23.7 Å². The Bertz CT molecular complexity index is 716. The molecule has 1 aromatic carbocycles. The Morgan fingerprint density at radius 2 is 2.30 bits per heavy atom. The van der Waals surface area contributed by atoms with E-state index in [-0.39, 0.29) is 12.0 Å². The summed E-state index contributed by atoms with van der Waals surface area (Å²) in [5.41, 5.74) is 3.04. The second kappa shape index (κ2) is 6.55. The number of thiazole rings is 1. The second-order valence-electron chi connectivity index (χ2n) is 5.24. The molecule has 0 bridgehead atoms. The van der Waals surface area contributed by atoms with E-state index in [9.17, 15) is 4.79 Å². The van der Waals surface area contributed by atoms with Crippen molar-refractivity contribution in [1.82, 2.24) is 4.98 Å². The van der Waals surface area contributed by atoms with Gasteiger partial charge in [0.25, 0.3) is 5.91 Å². The summed E-state index contributed by atoms with van der Waals surface area (Å²) in [4.78, 5) is 19.5. The van der Waals surface area contributed by atoms with Crippen molar-refractivity contribution < 1.29 is 19.0 Å².